The van der Waals surface area contributed by atoms with Crippen molar-refractivity contribution in [2.75, 3.05) is 20.0 Å². The highest BCUT2D eigenvalue weighted by Gasteiger charge is 2.47. The summed E-state index contributed by atoms with van der Waals surface area (Å²) in [6.45, 7) is 0. The topological polar surface area (TPSA) is 69.7 Å². The van der Waals surface area contributed by atoms with Gasteiger partial charge in [-0.1, -0.05) is 12.1 Å². The van der Waals surface area contributed by atoms with Gasteiger partial charge in [0.05, 0.1) is 32.1 Å². The third-order valence-corrected chi connectivity index (χ3v) is 5.58. The second-order valence-electron chi connectivity index (χ2n) is 5.64. The number of sulfone groups is 1. The average molecular weight is 312 g/mol. The van der Waals surface area contributed by atoms with E-state index in [4.69, 9.17) is 4.74 Å². The van der Waals surface area contributed by atoms with E-state index in [0.29, 0.717) is 11.3 Å². The summed E-state index contributed by atoms with van der Waals surface area (Å²) in [5, 5.41) is 0. The molecule has 0 unspecified atom stereocenters. The minimum absolute atomic E-state index is 0.0340. The van der Waals surface area contributed by atoms with Gasteiger partial charge >= 0.3 is 5.97 Å². The summed E-state index contributed by atoms with van der Waals surface area (Å²) in [7, 11) is -0.405. The van der Waals surface area contributed by atoms with Crippen LogP contribution < -0.4 is 4.74 Å². The van der Waals surface area contributed by atoms with Crippen LogP contribution in [0.5, 0.6) is 5.75 Å². The largest absolute Gasteiger partial charge is 0.497 e. The Bertz CT molecular complexity index is 617. The van der Waals surface area contributed by atoms with E-state index in [-0.39, 0.29) is 23.9 Å². The summed E-state index contributed by atoms with van der Waals surface area (Å²) >= 11 is 0. The van der Waals surface area contributed by atoms with Gasteiger partial charge in [-0.3, -0.25) is 4.79 Å². The fourth-order valence-corrected chi connectivity index (χ4v) is 4.57. The molecule has 0 aromatic heterocycles. The molecular weight excluding hydrogens is 292 g/mol. The Morgan fingerprint density at radius 2 is 2.00 bits per heavy atom. The number of carbonyl (C=O) groups excluding carboxylic acids is 1. The third kappa shape index (κ3) is 4.46. The Morgan fingerprint density at radius 3 is 2.57 bits per heavy atom. The summed E-state index contributed by atoms with van der Waals surface area (Å²) < 4.78 is 34.4. The first-order chi connectivity index (χ1) is 9.88. The van der Waals surface area contributed by atoms with E-state index in [1.165, 1.54) is 7.11 Å². The SMILES string of the molecule is COC(=O)CC1(CS(=O)(=O)Cc2cccc(OC)c2)CC1. The van der Waals surface area contributed by atoms with Gasteiger partial charge in [-0.15, -0.1) is 0 Å². The molecule has 1 aromatic carbocycles. The molecule has 1 saturated carbocycles. The van der Waals surface area contributed by atoms with Crippen LogP contribution in [0, 0.1) is 5.41 Å². The molecule has 1 aliphatic carbocycles. The van der Waals surface area contributed by atoms with Crippen molar-refractivity contribution in [3.05, 3.63) is 29.8 Å². The van der Waals surface area contributed by atoms with Crippen LogP contribution >= 0.6 is 0 Å². The normalized spacial score (nSPS) is 16.3. The van der Waals surface area contributed by atoms with Crippen molar-refractivity contribution in [1.29, 1.82) is 0 Å². The molecule has 0 radical (unpaired) electrons. The van der Waals surface area contributed by atoms with E-state index in [0.717, 1.165) is 12.8 Å². The highest BCUT2D eigenvalue weighted by molar-refractivity contribution is 7.90. The second kappa shape index (κ2) is 6.05. The van der Waals surface area contributed by atoms with Crippen LogP contribution in [0.15, 0.2) is 24.3 Å². The monoisotopic (exact) mass is 312 g/mol. The first-order valence-corrected chi connectivity index (χ1v) is 8.60. The quantitative estimate of drug-likeness (QED) is 0.720. The van der Waals surface area contributed by atoms with E-state index in [2.05, 4.69) is 4.74 Å². The first-order valence-electron chi connectivity index (χ1n) is 6.78. The van der Waals surface area contributed by atoms with Crippen molar-refractivity contribution in [1.82, 2.24) is 0 Å². The van der Waals surface area contributed by atoms with Crippen LogP contribution in [-0.2, 0) is 25.1 Å². The summed E-state index contributed by atoms with van der Waals surface area (Å²) in [4.78, 5) is 11.4. The molecule has 116 valence electrons. The maximum Gasteiger partial charge on any atom is 0.306 e. The molecule has 0 spiro atoms. The van der Waals surface area contributed by atoms with Gasteiger partial charge in [-0.2, -0.15) is 0 Å². The van der Waals surface area contributed by atoms with Crippen LogP contribution in [0.3, 0.4) is 0 Å². The lowest BCUT2D eigenvalue weighted by atomic mass is 10.1. The van der Waals surface area contributed by atoms with Crippen LogP contribution in [0.1, 0.15) is 24.8 Å². The lowest BCUT2D eigenvalue weighted by molar-refractivity contribution is -0.141. The number of esters is 1. The maximum absolute atomic E-state index is 12.3. The fourth-order valence-electron chi connectivity index (χ4n) is 2.46. The van der Waals surface area contributed by atoms with Gasteiger partial charge in [0.15, 0.2) is 9.84 Å². The highest BCUT2D eigenvalue weighted by atomic mass is 32.2. The van der Waals surface area contributed by atoms with Gasteiger partial charge in [0, 0.05) is 0 Å². The van der Waals surface area contributed by atoms with Crippen molar-refractivity contribution in [3.63, 3.8) is 0 Å². The Labute approximate surface area is 125 Å². The number of benzene rings is 1. The molecule has 1 aliphatic rings. The lowest BCUT2D eigenvalue weighted by Gasteiger charge is -2.14. The van der Waals surface area contributed by atoms with Crippen molar-refractivity contribution in [2.45, 2.75) is 25.0 Å². The Kier molecular flexibility index (Phi) is 4.56. The van der Waals surface area contributed by atoms with Crippen molar-refractivity contribution >= 4 is 15.8 Å². The van der Waals surface area contributed by atoms with Gasteiger partial charge in [-0.05, 0) is 36.0 Å². The zero-order valence-electron chi connectivity index (χ0n) is 12.3. The maximum atomic E-state index is 12.3. The van der Waals surface area contributed by atoms with Crippen molar-refractivity contribution in [2.24, 2.45) is 5.41 Å². The standard InChI is InChI=1S/C15H20O5S/c1-19-13-5-3-4-12(8-13)10-21(17,18)11-15(6-7-15)9-14(16)20-2/h3-5,8H,6-7,9-11H2,1-2H3. The van der Waals surface area contributed by atoms with Crippen LogP contribution in [0.4, 0.5) is 0 Å². The Morgan fingerprint density at radius 1 is 1.29 bits per heavy atom. The number of hydrogen-bond acceptors (Lipinski definition) is 5. The van der Waals surface area contributed by atoms with Crippen molar-refractivity contribution in [3.8, 4) is 5.75 Å². The van der Waals surface area contributed by atoms with E-state index in [9.17, 15) is 13.2 Å². The van der Waals surface area contributed by atoms with Gasteiger partial charge in [0.2, 0.25) is 0 Å². The molecule has 0 atom stereocenters. The Hall–Kier alpha value is -1.56. The highest BCUT2D eigenvalue weighted by Crippen LogP contribution is 2.50. The van der Waals surface area contributed by atoms with Crippen molar-refractivity contribution < 1.29 is 22.7 Å². The Balaban J connectivity index is 2.03. The molecule has 0 aliphatic heterocycles. The van der Waals surface area contributed by atoms with Gasteiger partial charge in [0.1, 0.15) is 5.75 Å². The summed E-state index contributed by atoms with van der Waals surface area (Å²) in [6, 6.07) is 7.03. The average Bonchev–Trinajstić information content (AvgIpc) is 3.16. The first kappa shape index (κ1) is 15.8. The lowest BCUT2D eigenvalue weighted by Crippen LogP contribution is -2.22. The minimum atomic E-state index is -3.27. The number of hydrogen-bond donors (Lipinski definition) is 0. The predicted octanol–water partition coefficient (Wildman–Crippen LogP) is 1.95. The van der Waals surface area contributed by atoms with Gasteiger partial charge in [0.25, 0.3) is 0 Å². The third-order valence-electron chi connectivity index (χ3n) is 3.75. The molecule has 0 saturated heterocycles. The van der Waals surface area contributed by atoms with Crippen LogP contribution in [0.2, 0.25) is 0 Å². The molecule has 21 heavy (non-hydrogen) atoms. The van der Waals surface area contributed by atoms with E-state index < -0.39 is 15.3 Å². The predicted molar refractivity (Wildman–Crippen MR) is 78.8 cm³/mol. The van der Waals surface area contributed by atoms with Gasteiger partial charge in [-0.25, -0.2) is 8.42 Å². The number of methoxy groups -OCH3 is 2. The molecule has 0 bridgehead atoms. The van der Waals surface area contributed by atoms with Crippen LogP contribution in [0.25, 0.3) is 0 Å². The zero-order valence-corrected chi connectivity index (χ0v) is 13.1. The molecule has 1 aromatic rings. The summed E-state index contributed by atoms with van der Waals surface area (Å²) in [5.74, 6) is 0.293. The molecule has 2 rings (SSSR count). The molecule has 1 fully saturated rings. The second-order valence-corrected chi connectivity index (χ2v) is 7.70. The van der Waals surface area contributed by atoms with E-state index >= 15 is 0 Å². The molecule has 0 N–H and O–H groups in total. The van der Waals surface area contributed by atoms with Crippen LogP contribution in [-0.4, -0.2) is 34.4 Å². The summed E-state index contributed by atoms with van der Waals surface area (Å²) in [6.07, 6.45) is 1.71. The summed E-state index contributed by atoms with van der Waals surface area (Å²) in [5.41, 5.74) is 0.286. The minimum Gasteiger partial charge on any atom is -0.497 e. The number of carbonyl (C=O) groups is 1. The smallest absolute Gasteiger partial charge is 0.306 e. The number of rotatable bonds is 7. The molecule has 0 amide bonds. The van der Waals surface area contributed by atoms with Gasteiger partial charge < -0.3 is 9.47 Å². The van der Waals surface area contributed by atoms with E-state index in [1.54, 1.807) is 31.4 Å². The van der Waals surface area contributed by atoms with E-state index in [1.807, 2.05) is 0 Å². The number of ether oxygens (including phenoxy) is 2. The molecular formula is C15H20O5S. The molecule has 6 heteroatoms. The zero-order chi connectivity index (χ0) is 15.5. The molecule has 5 nitrogen and oxygen atoms in total. The fraction of sp³-hybridized carbons (Fsp3) is 0.533. The molecule has 0 heterocycles.